The highest BCUT2D eigenvalue weighted by Gasteiger charge is 2.27. The predicted octanol–water partition coefficient (Wildman–Crippen LogP) is 3.62. The Hall–Kier alpha value is -2.27. The van der Waals surface area contributed by atoms with Gasteiger partial charge in [0.15, 0.2) is 9.84 Å². The van der Waals surface area contributed by atoms with E-state index in [1.807, 2.05) is 0 Å². The van der Waals surface area contributed by atoms with Gasteiger partial charge >= 0.3 is 0 Å². The number of pyridine rings is 1. The van der Waals surface area contributed by atoms with Crippen molar-refractivity contribution in [3.8, 4) is 16.9 Å². The van der Waals surface area contributed by atoms with Crippen molar-refractivity contribution in [2.75, 3.05) is 17.3 Å². The number of benzene rings is 1. The number of aromatic amines is 1. The first-order valence-corrected chi connectivity index (χ1v) is 13.6. The molecule has 1 aliphatic heterocycles. The lowest BCUT2D eigenvalue weighted by molar-refractivity contribution is 0.187. The van der Waals surface area contributed by atoms with Gasteiger partial charge in [-0.2, -0.15) is 10.6 Å². The number of fused-ring (bicyclic) bond motifs is 1. The van der Waals surface area contributed by atoms with Crippen molar-refractivity contribution < 1.29 is 22.3 Å². The molecule has 8 nitrogen and oxygen atoms in total. The molecule has 0 atom stereocenters. The molecule has 2 aromatic heterocycles. The molecule has 1 saturated heterocycles. The minimum absolute atomic E-state index is 0.0278. The van der Waals surface area contributed by atoms with E-state index in [4.69, 9.17) is 4.74 Å². The van der Waals surface area contributed by atoms with Crippen molar-refractivity contribution in [3.63, 3.8) is 0 Å². The van der Waals surface area contributed by atoms with Gasteiger partial charge in [0, 0.05) is 60.3 Å². The highest BCUT2D eigenvalue weighted by molar-refractivity contribution is 8.24. The molecular weight excluding hydrogens is 440 g/mol. The zero-order valence-corrected chi connectivity index (χ0v) is 19.0. The quantitative estimate of drug-likeness (QED) is 0.528. The van der Waals surface area contributed by atoms with Gasteiger partial charge in [0.05, 0.1) is 10.6 Å². The summed E-state index contributed by atoms with van der Waals surface area (Å²) < 4.78 is 52.5. The predicted molar refractivity (Wildman–Crippen MR) is 123 cm³/mol. The number of H-pyrrole nitrogens is 1. The van der Waals surface area contributed by atoms with Crippen LogP contribution in [0.4, 0.5) is 0 Å². The highest BCUT2D eigenvalue weighted by atomic mass is 32.3. The summed E-state index contributed by atoms with van der Waals surface area (Å²) in [6.07, 6.45) is 4.16. The Morgan fingerprint density at radius 3 is 2.58 bits per heavy atom. The summed E-state index contributed by atoms with van der Waals surface area (Å²) in [7, 11) is -4.34. The average Bonchev–Trinajstić information content (AvgIpc) is 3.23. The SMILES string of the molecule is CCS(=O)(=O)c1ccc(OC2CCS(O)(O)CC2)c(-c2cn(C)c(=O)c3[nH]ccc23)c1. The van der Waals surface area contributed by atoms with Crippen molar-refractivity contribution in [3.05, 3.63) is 47.0 Å². The third-order valence-corrected chi connectivity index (χ3v) is 9.21. The van der Waals surface area contributed by atoms with E-state index in [9.17, 15) is 22.3 Å². The van der Waals surface area contributed by atoms with Crippen LogP contribution in [0.2, 0.25) is 0 Å². The molecule has 3 N–H and O–H groups in total. The van der Waals surface area contributed by atoms with E-state index < -0.39 is 20.4 Å². The Labute approximate surface area is 182 Å². The zero-order chi connectivity index (χ0) is 22.4. The molecule has 0 saturated carbocycles. The maximum atomic E-state index is 12.5. The topological polar surface area (TPSA) is 122 Å². The van der Waals surface area contributed by atoms with Gasteiger partial charge in [0.1, 0.15) is 17.4 Å². The molecule has 1 fully saturated rings. The van der Waals surface area contributed by atoms with Crippen molar-refractivity contribution in [1.29, 1.82) is 0 Å². The van der Waals surface area contributed by atoms with E-state index >= 15 is 0 Å². The second-order valence-corrected chi connectivity index (χ2v) is 12.5. The Bertz CT molecular complexity index is 1280. The maximum Gasteiger partial charge on any atom is 0.274 e. The summed E-state index contributed by atoms with van der Waals surface area (Å²) in [6.45, 7) is 1.59. The third-order valence-electron chi connectivity index (χ3n) is 5.70. The number of aromatic nitrogens is 2. The first-order valence-electron chi connectivity index (χ1n) is 10.1. The van der Waals surface area contributed by atoms with Crippen LogP contribution in [-0.4, -0.2) is 50.4 Å². The Morgan fingerprint density at radius 1 is 1.19 bits per heavy atom. The van der Waals surface area contributed by atoms with Gasteiger partial charge in [-0.1, -0.05) is 6.92 Å². The molecule has 1 aromatic carbocycles. The highest BCUT2D eigenvalue weighted by Crippen LogP contribution is 2.45. The van der Waals surface area contributed by atoms with Crippen LogP contribution in [0.1, 0.15) is 19.8 Å². The summed E-state index contributed by atoms with van der Waals surface area (Å²) in [6, 6.07) is 6.56. The van der Waals surface area contributed by atoms with Crippen molar-refractivity contribution in [2.45, 2.75) is 30.8 Å². The van der Waals surface area contributed by atoms with E-state index in [1.54, 1.807) is 44.6 Å². The van der Waals surface area contributed by atoms with Gasteiger partial charge in [-0.15, -0.1) is 0 Å². The number of rotatable bonds is 5. The molecule has 0 radical (unpaired) electrons. The molecule has 3 heterocycles. The normalized spacial score (nSPS) is 18.2. The molecule has 0 bridgehead atoms. The van der Waals surface area contributed by atoms with E-state index in [0.29, 0.717) is 40.6 Å². The molecule has 0 amide bonds. The number of nitrogens with zero attached hydrogens (tertiary/aromatic N) is 1. The summed E-state index contributed by atoms with van der Waals surface area (Å²) >= 11 is 0. The fourth-order valence-electron chi connectivity index (χ4n) is 3.85. The fraction of sp³-hybridized carbons (Fsp3) is 0.381. The van der Waals surface area contributed by atoms with E-state index in [1.165, 1.54) is 10.6 Å². The molecule has 1 aliphatic rings. The van der Waals surface area contributed by atoms with Gasteiger partial charge in [0.2, 0.25) is 0 Å². The fourth-order valence-corrected chi connectivity index (χ4v) is 6.24. The van der Waals surface area contributed by atoms with Crippen LogP contribution >= 0.6 is 10.6 Å². The smallest absolute Gasteiger partial charge is 0.274 e. The lowest BCUT2D eigenvalue weighted by Crippen LogP contribution is -2.28. The number of nitrogens with one attached hydrogen (secondary N) is 1. The second-order valence-electron chi connectivity index (χ2n) is 7.81. The summed E-state index contributed by atoms with van der Waals surface area (Å²) in [4.78, 5) is 15.6. The van der Waals surface area contributed by atoms with Crippen LogP contribution in [0.3, 0.4) is 0 Å². The number of aryl methyl sites for hydroxylation is 1. The maximum absolute atomic E-state index is 12.5. The minimum Gasteiger partial charge on any atom is -0.490 e. The van der Waals surface area contributed by atoms with Crippen LogP contribution in [0.15, 0.2) is 46.3 Å². The largest absolute Gasteiger partial charge is 0.490 e. The first kappa shape index (κ1) is 21.9. The Morgan fingerprint density at radius 2 is 1.90 bits per heavy atom. The monoisotopic (exact) mass is 466 g/mol. The summed E-state index contributed by atoms with van der Waals surface area (Å²) in [5, 5.41) is 0.678. The molecule has 0 aliphatic carbocycles. The molecule has 0 spiro atoms. The number of sulfone groups is 1. The molecule has 0 unspecified atom stereocenters. The summed E-state index contributed by atoms with van der Waals surface area (Å²) in [5.41, 5.74) is 1.51. The number of ether oxygens (including phenoxy) is 1. The average molecular weight is 467 g/mol. The van der Waals surface area contributed by atoms with Crippen molar-refractivity contribution in [1.82, 2.24) is 9.55 Å². The second kappa shape index (κ2) is 8.01. The van der Waals surface area contributed by atoms with E-state index in [-0.39, 0.29) is 33.8 Å². The first-order chi connectivity index (χ1) is 14.6. The Balaban J connectivity index is 1.85. The van der Waals surface area contributed by atoms with Crippen LogP contribution < -0.4 is 10.3 Å². The molecule has 4 rings (SSSR count). The molecule has 168 valence electrons. The zero-order valence-electron chi connectivity index (χ0n) is 17.4. The molecule has 31 heavy (non-hydrogen) atoms. The third kappa shape index (κ3) is 4.25. The van der Waals surface area contributed by atoms with Crippen molar-refractivity contribution in [2.24, 2.45) is 7.05 Å². The molecular formula is C21H26N2O6S2. The minimum atomic E-state index is -3.45. The number of hydrogen-bond donors (Lipinski definition) is 3. The van der Waals surface area contributed by atoms with Gasteiger partial charge in [-0.05, 0) is 24.3 Å². The molecule has 3 aromatic rings. The van der Waals surface area contributed by atoms with Gasteiger partial charge in [-0.3, -0.25) is 13.9 Å². The van der Waals surface area contributed by atoms with E-state index in [0.717, 1.165) is 0 Å². The van der Waals surface area contributed by atoms with Crippen LogP contribution in [0, 0.1) is 0 Å². The van der Waals surface area contributed by atoms with Crippen LogP contribution in [0.25, 0.3) is 22.0 Å². The lowest BCUT2D eigenvalue weighted by Gasteiger charge is -2.39. The Kier molecular flexibility index (Phi) is 5.67. The van der Waals surface area contributed by atoms with Crippen molar-refractivity contribution >= 4 is 31.3 Å². The number of hydrogen-bond acceptors (Lipinski definition) is 6. The van der Waals surface area contributed by atoms with Crippen LogP contribution in [0.5, 0.6) is 5.75 Å². The molecule has 10 heteroatoms. The van der Waals surface area contributed by atoms with Crippen LogP contribution in [-0.2, 0) is 16.9 Å². The lowest BCUT2D eigenvalue weighted by atomic mass is 10.0. The van der Waals surface area contributed by atoms with Gasteiger partial charge in [-0.25, -0.2) is 8.42 Å². The van der Waals surface area contributed by atoms with E-state index in [2.05, 4.69) is 4.98 Å². The standard InChI is InChI=1S/C21H26N2O6S2/c1-3-31(27,28)15-4-5-19(29-14-7-10-30(25,26)11-8-14)17(12-15)18-13-23(2)21(24)20-16(18)6-9-22-20/h4-6,9,12-14,22,25-26H,3,7-8,10-11H2,1-2H3. The van der Waals surface area contributed by atoms with Gasteiger partial charge in [0.25, 0.3) is 5.56 Å². The van der Waals surface area contributed by atoms with Gasteiger partial charge < -0.3 is 14.3 Å². The summed E-state index contributed by atoms with van der Waals surface area (Å²) in [5.74, 6) is 1.05.